The van der Waals surface area contributed by atoms with Crippen LogP contribution in [0.3, 0.4) is 0 Å². The van der Waals surface area contributed by atoms with Crippen LogP contribution in [0.15, 0.2) is 18.2 Å². The van der Waals surface area contributed by atoms with Crippen LogP contribution in [0, 0.1) is 12.8 Å². The Labute approximate surface area is 143 Å². The molecule has 1 aliphatic heterocycles. The van der Waals surface area contributed by atoms with Crippen LogP contribution in [-0.4, -0.2) is 29.8 Å². The number of hydrogen-bond acceptors (Lipinski definition) is 2. The van der Waals surface area contributed by atoms with Gasteiger partial charge in [0, 0.05) is 36.1 Å². The van der Waals surface area contributed by atoms with Gasteiger partial charge in [-0.05, 0) is 43.9 Å². The number of hydrogen-bond donors (Lipinski definition) is 1. The quantitative estimate of drug-likeness (QED) is 0.883. The molecule has 1 heterocycles. The van der Waals surface area contributed by atoms with E-state index in [1.807, 2.05) is 24.0 Å². The number of likely N-dealkylation sites (tertiary alicyclic amines) is 1. The highest BCUT2D eigenvalue weighted by molar-refractivity contribution is 6.31. The van der Waals surface area contributed by atoms with Crippen LogP contribution < -0.4 is 5.32 Å². The van der Waals surface area contributed by atoms with Crippen molar-refractivity contribution in [3.05, 3.63) is 28.8 Å². The van der Waals surface area contributed by atoms with Crippen molar-refractivity contribution in [1.29, 1.82) is 0 Å². The van der Waals surface area contributed by atoms with E-state index in [9.17, 15) is 9.59 Å². The molecule has 2 amide bonds. The Morgan fingerprint density at radius 2 is 2.00 bits per heavy atom. The van der Waals surface area contributed by atoms with Gasteiger partial charge in [-0.25, -0.2) is 0 Å². The largest absolute Gasteiger partial charge is 0.343 e. The van der Waals surface area contributed by atoms with Gasteiger partial charge in [-0.1, -0.05) is 31.0 Å². The number of carbonyl (C=O) groups is 2. The molecule has 126 valence electrons. The van der Waals surface area contributed by atoms with Crippen molar-refractivity contribution in [1.82, 2.24) is 4.90 Å². The number of carbonyl (C=O) groups excluding carboxylic acids is 2. The third-order valence-electron chi connectivity index (χ3n) is 4.40. The van der Waals surface area contributed by atoms with Gasteiger partial charge in [0.25, 0.3) is 0 Å². The highest BCUT2D eigenvalue weighted by Gasteiger charge is 2.27. The third kappa shape index (κ3) is 4.96. The molecule has 0 radical (unpaired) electrons. The van der Waals surface area contributed by atoms with E-state index < -0.39 is 0 Å². The Kier molecular flexibility index (Phi) is 6.46. The fourth-order valence-electron chi connectivity index (χ4n) is 2.79. The summed E-state index contributed by atoms with van der Waals surface area (Å²) in [4.78, 5) is 26.3. The zero-order chi connectivity index (χ0) is 16.8. The topological polar surface area (TPSA) is 49.4 Å². The lowest BCUT2D eigenvalue weighted by Gasteiger charge is -2.31. The second-order valence-electron chi connectivity index (χ2n) is 6.21. The lowest BCUT2D eigenvalue weighted by Crippen LogP contribution is -2.41. The molecule has 0 aliphatic carbocycles. The molecule has 1 N–H and O–H groups in total. The maximum Gasteiger partial charge on any atom is 0.227 e. The summed E-state index contributed by atoms with van der Waals surface area (Å²) in [6, 6.07) is 5.54. The van der Waals surface area contributed by atoms with Crippen LogP contribution in [-0.2, 0) is 9.59 Å². The number of benzene rings is 1. The summed E-state index contributed by atoms with van der Waals surface area (Å²) >= 11 is 6.08. The zero-order valence-electron chi connectivity index (χ0n) is 13.9. The van der Waals surface area contributed by atoms with Crippen LogP contribution in [0.4, 0.5) is 5.69 Å². The van der Waals surface area contributed by atoms with Crippen LogP contribution >= 0.6 is 11.6 Å². The Morgan fingerprint density at radius 1 is 1.30 bits per heavy atom. The predicted octanol–water partition coefficient (Wildman–Crippen LogP) is 4.02. The number of rotatable bonds is 5. The minimum Gasteiger partial charge on any atom is -0.343 e. The third-order valence-corrected chi connectivity index (χ3v) is 4.81. The number of nitrogens with one attached hydrogen (secondary N) is 1. The number of unbranched alkanes of at least 4 members (excludes halogenated alkanes) is 1. The van der Waals surface area contributed by atoms with E-state index >= 15 is 0 Å². The van der Waals surface area contributed by atoms with Gasteiger partial charge in [-0.15, -0.1) is 0 Å². The van der Waals surface area contributed by atoms with Crippen molar-refractivity contribution in [2.45, 2.75) is 46.0 Å². The molecule has 0 bridgehead atoms. The maximum absolute atomic E-state index is 12.4. The smallest absolute Gasteiger partial charge is 0.227 e. The molecule has 2 rings (SSSR count). The van der Waals surface area contributed by atoms with Crippen molar-refractivity contribution in [2.24, 2.45) is 5.92 Å². The Bertz CT molecular complexity index is 566. The molecule has 23 heavy (non-hydrogen) atoms. The predicted molar refractivity (Wildman–Crippen MR) is 93.6 cm³/mol. The first kappa shape index (κ1) is 17.8. The van der Waals surface area contributed by atoms with Crippen molar-refractivity contribution in [3.63, 3.8) is 0 Å². The summed E-state index contributed by atoms with van der Waals surface area (Å²) in [5.41, 5.74) is 1.72. The molecule has 0 spiro atoms. The molecule has 1 fully saturated rings. The van der Waals surface area contributed by atoms with Gasteiger partial charge < -0.3 is 10.2 Å². The van der Waals surface area contributed by atoms with Crippen LogP contribution in [0.5, 0.6) is 0 Å². The van der Waals surface area contributed by atoms with Gasteiger partial charge in [-0.3, -0.25) is 9.59 Å². The Morgan fingerprint density at radius 3 is 2.61 bits per heavy atom. The minimum absolute atomic E-state index is 0.0191. The van der Waals surface area contributed by atoms with Gasteiger partial charge in [0.1, 0.15) is 0 Å². The molecule has 1 aromatic carbocycles. The first-order valence-corrected chi connectivity index (χ1v) is 8.74. The van der Waals surface area contributed by atoms with Gasteiger partial charge in [0.05, 0.1) is 0 Å². The molecule has 1 aromatic rings. The minimum atomic E-state index is -0.0368. The molecule has 5 heteroatoms. The lowest BCUT2D eigenvalue weighted by molar-refractivity contribution is -0.134. The zero-order valence-corrected chi connectivity index (χ0v) is 14.7. The molecule has 4 nitrogen and oxygen atoms in total. The summed E-state index contributed by atoms with van der Waals surface area (Å²) in [5, 5.41) is 3.58. The van der Waals surface area contributed by atoms with Crippen LogP contribution in [0.25, 0.3) is 0 Å². The standard InChI is InChI=1S/C18H25ClN2O2/c1-3-4-5-17(22)21-10-8-14(9-11-21)18(23)20-15-7-6-13(2)16(19)12-15/h6-7,12,14H,3-5,8-11H2,1-2H3,(H,20,23). The molecule has 1 saturated heterocycles. The van der Waals surface area contributed by atoms with E-state index in [2.05, 4.69) is 12.2 Å². The number of nitrogens with zero attached hydrogens (tertiary/aromatic N) is 1. The monoisotopic (exact) mass is 336 g/mol. The number of piperidine rings is 1. The highest BCUT2D eigenvalue weighted by atomic mass is 35.5. The maximum atomic E-state index is 12.4. The van der Waals surface area contributed by atoms with Gasteiger partial charge in [0.15, 0.2) is 0 Å². The average Bonchev–Trinajstić information content (AvgIpc) is 2.56. The van der Waals surface area contributed by atoms with Crippen LogP contribution in [0.2, 0.25) is 5.02 Å². The summed E-state index contributed by atoms with van der Waals surface area (Å²) < 4.78 is 0. The SMILES string of the molecule is CCCCC(=O)N1CCC(C(=O)Nc2ccc(C)c(Cl)c2)CC1. The Hall–Kier alpha value is -1.55. The van der Waals surface area contributed by atoms with E-state index in [-0.39, 0.29) is 17.7 Å². The Balaban J connectivity index is 1.83. The lowest BCUT2D eigenvalue weighted by atomic mass is 9.95. The summed E-state index contributed by atoms with van der Waals surface area (Å²) in [7, 11) is 0. The van der Waals surface area contributed by atoms with E-state index in [1.165, 1.54) is 0 Å². The number of aryl methyl sites for hydroxylation is 1. The van der Waals surface area contributed by atoms with Gasteiger partial charge in [-0.2, -0.15) is 0 Å². The second kappa shape index (κ2) is 8.34. The van der Waals surface area contributed by atoms with Crippen LogP contribution in [0.1, 0.15) is 44.6 Å². The van der Waals surface area contributed by atoms with E-state index in [0.717, 1.165) is 36.9 Å². The van der Waals surface area contributed by atoms with Gasteiger partial charge >= 0.3 is 0 Å². The van der Waals surface area contributed by atoms with E-state index in [0.29, 0.717) is 24.5 Å². The molecular weight excluding hydrogens is 312 g/mol. The average molecular weight is 337 g/mol. The number of halogens is 1. The summed E-state index contributed by atoms with van der Waals surface area (Å²) in [5.74, 6) is 0.201. The molecule has 0 unspecified atom stereocenters. The second-order valence-corrected chi connectivity index (χ2v) is 6.62. The normalized spacial score (nSPS) is 15.5. The molecule has 0 atom stereocenters. The summed E-state index contributed by atoms with van der Waals surface area (Å²) in [6.07, 6.45) is 4.04. The van der Waals surface area contributed by atoms with Crippen molar-refractivity contribution in [3.8, 4) is 0 Å². The van der Waals surface area contributed by atoms with Crippen molar-refractivity contribution < 1.29 is 9.59 Å². The van der Waals surface area contributed by atoms with E-state index in [1.54, 1.807) is 6.07 Å². The first-order valence-electron chi connectivity index (χ1n) is 8.36. The fourth-order valence-corrected chi connectivity index (χ4v) is 2.97. The number of amides is 2. The highest BCUT2D eigenvalue weighted by Crippen LogP contribution is 2.23. The first-order chi connectivity index (χ1) is 11.0. The number of anilines is 1. The van der Waals surface area contributed by atoms with Crippen molar-refractivity contribution in [2.75, 3.05) is 18.4 Å². The fraction of sp³-hybridized carbons (Fsp3) is 0.556. The van der Waals surface area contributed by atoms with Gasteiger partial charge in [0.2, 0.25) is 11.8 Å². The molecule has 0 saturated carbocycles. The van der Waals surface area contributed by atoms with E-state index in [4.69, 9.17) is 11.6 Å². The van der Waals surface area contributed by atoms with Crippen molar-refractivity contribution >= 4 is 29.1 Å². The molecule has 0 aromatic heterocycles. The molecular formula is C18H25ClN2O2. The summed E-state index contributed by atoms with van der Waals surface area (Å²) in [6.45, 7) is 5.37. The molecule has 1 aliphatic rings.